The predicted octanol–water partition coefficient (Wildman–Crippen LogP) is 0.930. The van der Waals surface area contributed by atoms with Crippen molar-refractivity contribution in [3.8, 4) is 0 Å². The first-order valence-corrected chi connectivity index (χ1v) is 6.77. The van der Waals surface area contributed by atoms with Gasteiger partial charge in [0.05, 0.1) is 6.54 Å². The molecule has 1 saturated heterocycles. The molecular weight excluding hydrogens is 232 g/mol. The molecule has 18 heavy (non-hydrogen) atoms. The average molecular weight is 256 g/mol. The highest BCUT2D eigenvalue weighted by atomic mass is 16.5. The molecule has 0 aliphatic carbocycles. The summed E-state index contributed by atoms with van der Waals surface area (Å²) in [6, 6.07) is 0. The Kier molecular flexibility index (Phi) is 5.59. The first-order chi connectivity index (χ1) is 8.59. The summed E-state index contributed by atoms with van der Waals surface area (Å²) in [5, 5.41) is 2.85. The summed E-state index contributed by atoms with van der Waals surface area (Å²) >= 11 is 0. The zero-order chi connectivity index (χ0) is 13.6. The number of hydrogen-bond acceptors (Lipinski definition) is 3. The van der Waals surface area contributed by atoms with Crippen LogP contribution in [0.25, 0.3) is 0 Å². The average Bonchev–Trinajstić information content (AvgIpc) is 2.38. The van der Waals surface area contributed by atoms with E-state index in [0.29, 0.717) is 32.6 Å². The normalized spacial score (nSPS) is 18.9. The van der Waals surface area contributed by atoms with Gasteiger partial charge in [-0.2, -0.15) is 0 Å². The molecule has 1 rings (SSSR count). The molecular formula is C13H24N2O3. The maximum atomic E-state index is 12.4. The molecule has 0 saturated carbocycles. The first kappa shape index (κ1) is 15.0. The van der Waals surface area contributed by atoms with Gasteiger partial charge in [-0.05, 0) is 26.2 Å². The highest BCUT2D eigenvalue weighted by Crippen LogP contribution is 2.22. The van der Waals surface area contributed by atoms with Gasteiger partial charge in [-0.25, -0.2) is 0 Å². The van der Waals surface area contributed by atoms with E-state index < -0.39 is 5.54 Å². The van der Waals surface area contributed by atoms with E-state index in [-0.39, 0.29) is 18.4 Å². The van der Waals surface area contributed by atoms with Crippen molar-refractivity contribution in [3.05, 3.63) is 0 Å². The fourth-order valence-corrected chi connectivity index (χ4v) is 2.32. The largest absolute Gasteiger partial charge is 0.382 e. The molecule has 0 aromatic carbocycles. The van der Waals surface area contributed by atoms with E-state index in [1.54, 1.807) is 4.90 Å². The zero-order valence-electron chi connectivity index (χ0n) is 11.6. The second kappa shape index (κ2) is 6.73. The van der Waals surface area contributed by atoms with E-state index in [1.807, 2.05) is 20.8 Å². The Morgan fingerprint density at radius 3 is 2.50 bits per heavy atom. The van der Waals surface area contributed by atoms with Crippen molar-refractivity contribution < 1.29 is 14.3 Å². The molecule has 104 valence electrons. The number of nitrogens with one attached hydrogen (secondary N) is 1. The Morgan fingerprint density at radius 1 is 1.28 bits per heavy atom. The lowest BCUT2D eigenvalue weighted by molar-refractivity contribution is -0.150. The van der Waals surface area contributed by atoms with Crippen molar-refractivity contribution >= 4 is 11.8 Å². The minimum atomic E-state index is -0.694. The third-order valence-electron chi connectivity index (χ3n) is 3.54. The summed E-state index contributed by atoms with van der Waals surface area (Å²) in [4.78, 5) is 25.8. The summed E-state index contributed by atoms with van der Waals surface area (Å²) in [5.74, 6) is -0.0155. The molecule has 1 fully saturated rings. The molecule has 0 spiro atoms. The number of amides is 2. The molecule has 0 radical (unpaired) electrons. The Hall–Kier alpha value is -1.10. The van der Waals surface area contributed by atoms with Gasteiger partial charge in [0.2, 0.25) is 11.8 Å². The van der Waals surface area contributed by atoms with Crippen LogP contribution in [0.4, 0.5) is 0 Å². The second-order valence-corrected chi connectivity index (χ2v) is 4.61. The molecule has 1 aliphatic heterocycles. The van der Waals surface area contributed by atoms with Crippen LogP contribution in [0.15, 0.2) is 0 Å². The smallest absolute Gasteiger partial charge is 0.248 e. The van der Waals surface area contributed by atoms with Crippen molar-refractivity contribution in [2.45, 2.75) is 45.6 Å². The van der Waals surface area contributed by atoms with Crippen LogP contribution in [0.5, 0.6) is 0 Å². The molecule has 2 amide bonds. The standard InChI is InChI=1S/C13H24N2O3/c1-4-13(5-2)12(17)15(10-11(16)14-13)8-7-9-18-6-3/h4-10H2,1-3H3,(H,14,16). The van der Waals surface area contributed by atoms with Crippen LogP contribution < -0.4 is 5.32 Å². The monoisotopic (exact) mass is 256 g/mol. The maximum absolute atomic E-state index is 12.4. The summed E-state index contributed by atoms with van der Waals surface area (Å²) in [5.41, 5.74) is -0.694. The molecule has 5 heteroatoms. The lowest BCUT2D eigenvalue weighted by Gasteiger charge is -2.41. The summed E-state index contributed by atoms with van der Waals surface area (Å²) in [6.07, 6.45) is 2.04. The molecule has 0 aromatic rings. The Labute approximate surface area is 109 Å². The lowest BCUT2D eigenvalue weighted by atomic mass is 9.89. The van der Waals surface area contributed by atoms with Crippen LogP contribution in [0.3, 0.4) is 0 Å². The van der Waals surface area contributed by atoms with Crippen LogP contribution in [0, 0.1) is 0 Å². The predicted molar refractivity (Wildman–Crippen MR) is 69.1 cm³/mol. The van der Waals surface area contributed by atoms with Gasteiger partial charge in [0.1, 0.15) is 5.54 Å². The van der Waals surface area contributed by atoms with Gasteiger partial charge < -0.3 is 15.0 Å². The number of piperazine rings is 1. The molecule has 0 unspecified atom stereocenters. The van der Waals surface area contributed by atoms with Gasteiger partial charge in [-0.3, -0.25) is 9.59 Å². The third kappa shape index (κ3) is 3.22. The maximum Gasteiger partial charge on any atom is 0.248 e. The van der Waals surface area contributed by atoms with Crippen LogP contribution in [-0.2, 0) is 14.3 Å². The summed E-state index contributed by atoms with van der Waals surface area (Å²) in [7, 11) is 0. The zero-order valence-corrected chi connectivity index (χ0v) is 11.6. The van der Waals surface area contributed by atoms with Crippen molar-refractivity contribution in [1.82, 2.24) is 10.2 Å². The van der Waals surface area contributed by atoms with Gasteiger partial charge in [0.15, 0.2) is 0 Å². The first-order valence-electron chi connectivity index (χ1n) is 6.77. The number of rotatable bonds is 7. The highest BCUT2D eigenvalue weighted by molar-refractivity contribution is 5.97. The Morgan fingerprint density at radius 2 is 1.94 bits per heavy atom. The fraction of sp³-hybridized carbons (Fsp3) is 0.846. The molecule has 0 aromatic heterocycles. The van der Waals surface area contributed by atoms with E-state index in [9.17, 15) is 9.59 Å². The van der Waals surface area contributed by atoms with E-state index in [2.05, 4.69) is 5.32 Å². The van der Waals surface area contributed by atoms with Crippen LogP contribution >= 0.6 is 0 Å². The number of ether oxygens (including phenoxy) is 1. The number of nitrogens with zero attached hydrogens (tertiary/aromatic N) is 1. The minimum absolute atomic E-state index is 0.0450. The SMILES string of the molecule is CCOCCCN1CC(=O)NC(CC)(CC)C1=O. The third-order valence-corrected chi connectivity index (χ3v) is 3.54. The quantitative estimate of drug-likeness (QED) is 0.689. The topological polar surface area (TPSA) is 58.6 Å². The van der Waals surface area contributed by atoms with Crippen LogP contribution in [0.1, 0.15) is 40.0 Å². The summed E-state index contributed by atoms with van der Waals surface area (Å²) in [6.45, 7) is 7.89. The Bertz CT molecular complexity index is 301. The number of carbonyl (C=O) groups is 2. The van der Waals surface area contributed by atoms with Crippen molar-refractivity contribution in [3.63, 3.8) is 0 Å². The van der Waals surface area contributed by atoms with Gasteiger partial charge in [-0.15, -0.1) is 0 Å². The highest BCUT2D eigenvalue weighted by Gasteiger charge is 2.43. The Balaban J connectivity index is 2.62. The van der Waals surface area contributed by atoms with Crippen LogP contribution in [0.2, 0.25) is 0 Å². The lowest BCUT2D eigenvalue weighted by Crippen LogP contribution is -2.66. The number of carbonyl (C=O) groups excluding carboxylic acids is 2. The summed E-state index contributed by atoms with van der Waals surface area (Å²) < 4.78 is 5.25. The van der Waals surface area contributed by atoms with Gasteiger partial charge >= 0.3 is 0 Å². The van der Waals surface area contributed by atoms with Crippen molar-refractivity contribution in [1.29, 1.82) is 0 Å². The van der Waals surface area contributed by atoms with Gasteiger partial charge in [-0.1, -0.05) is 13.8 Å². The van der Waals surface area contributed by atoms with Gasteiger partial charge in [0.25, 0.3) is 0 Å². The fourth-order valence-electron chi connectivity index (χ4n) is 2.32. The molecule has 0 bridgehead atoms. The van der Waals surface area contributed by atoms with Gasteiger partial charge in [0, 0.05) is 19.8 Å². The van der Waals surface area contributed by atoms with Crippen LogP contribution in [-0.4, -0.2) is 48.6 Å². The van der Waals surface area contributed by atoms with E-state index in [1.165, 1.54) is 0 Å². The molecule has 1 N–H and O–H groups in total. The van der Waals surface area contributed by atoms with E-state index in [0.717, 1.165) is 6.42 Å². The van der Waals surface area contributed by atoms with E-state index >= 15 is 0 Å². The minimum Gasteiger partial charge on any atom is -0.382 e. The van der Waals surface area contributed by atoms with E-state index in [4.69, 9.17) is 4.74 Å². The molecule has 1 aliphatic rings. The number of hydrogen-bond donors (Lipinski definition) is 1. The molecule has 0 atom stereocenters. The van der Waals surface area contributed by atoms with Crippen molar-refractivity contribution in [2.24, 2.45) is 0 Å². The molecule has 1 heterocycles. The second-order valence-electron chi connectivity index (χ2n) is 4.61. The molecule has 5 nitrogen and oxygen atoms in total. The van der Waals surface area contributed by atoms with Crippen molar-refractivity contribution in [2.75, 3.05) is 26.3 Å².